The summed E-state index contributed by atoms with van der Waals surface area (Å²) in [6, 6.07) is 7.73. The zero-order valence-corrected chi connectivity index (χ0v) is 13.4. The van der Waals surface area contributed by atoms with E-state index in [9.17, 15) is 4.79 Å². The summed E-state index contributed by atoms with van der Waals surface area (Å²) in [7, 11) is 1.88. The summed E-state index contributed by atoms with van der Waals surface area (Å²) in [6.45, 7) is 5.99. The molecule has 0 aromatic heterocycles. The second-order valence-corrected chi connectivity index (χ2v) is 6.07. The van der Waals surface area contributed by atoms with Gasteiger partial charge in [0.1, 0.15) is 0 Å². The Labute approximate surface area is 128 Å². The molecule has 104 valence electrons. The molecule has 1 fully saturated rings. The van der Waals surface area contributed by atoms with Crippen LogP contribution >= 0.6 is 22.6 Å². The van der Waals surface area contributed by atoms with Gasteiger partial charge in [-0.05, 0) is 46.9 Å². The standard InChI is InChI=1S/C14H20IN3O/c1-17(10-11-18-8-6-16-7-9-18)14(19)12-2-4-13(15)5-3-12/h2-5,16H,6-11H2,1H3. The summed E-state index contributed by atoms with van der Waals surface area (Å²) in [5.41, 5.74) is 0.767. The molecular formula is C14H20IN3O. The summed E-state index contributed by atoms with van der Waals surface area (Å²) >= 11 is 2.25. The molecule has 4 nitrogen and oxygen atoms in total. The van der Waals surface area contributed by atoms with Crippen LogP contribution in [-0.2, 0) is 0 Å². The highest BCUT2D eigenvalue weighted by Gasteiger charge is 2.14. The monoisotopic (exact) mass is 373 g/mol. The third kappa shape index (κ3) is 4.43. The molecule has 0 spiro atoms. The second kappa shape index (κ2) is 7.21. The van der Waals surface area contributed by atoms with Crippen molar-refractivity contribution < 1.29 is 4.79 Å². The van der Waals surface area contributed by atoms with Gasteiger partial charge in [-0.15, -0.1) is 0 Å². The van der Waals surface area contributed by atoms with Crippen LogP contribution in [0.25, 0.3) is 0 Å². The van der Waals surface area contributed by atoms with Crippen LogP contribution in [0.3, 0.4) is 0 Å². The van der Waals surface area contributed by atoms with Crippen LogP contribution in [0.15, 0.2) is 24.3 Å². The van der Waals surface area contributed by atoms with Gasteiger partial charge in [0.2, 0.25) is 0 Å². The number of hydrogen-bond acceptors (Lipinski definition) is 3. The van der Waals surface area contributed by atoms with Crippen LogP contribution in [0.4, 0.5) is 0 Å². The van der Waals surface area contributed by atoms with E-state index in [1.807, 2.05) is 36.2 Å². The molecule has 1 aromatic carbocycles. The molecule has 1 saturated heterocycles. The SMILES string of the molecule is CN(CCN1CCNCC1)C(=O)c1ccc(I)cc1. The number of nitrogens with one attached hydrogen (secondary N) is 1. The average molecular weight is 373 g/mol. The van der Waals surface area contributed by atoms with Crippen LogP contribution in [0, 0.1) is 3.57 Å². The zero-order chi connectivity index (χ0) is 13.7. The van der Waals surface area contributed by atoms with Gasteiger partial charge in [-0.3, -0.25) is 9.69 Å². The number of carbonyl (C=O) groups excluding carboxylic acids is 1. The van der Waals surface area contributed by atoms with Crippen LogP contribution in [0.2, 0.25) is 0 Å². The number of halogens is 1. The van der Waals surface area contributed by atoms with Crippen molar-refractivity contribution in [1.29, 1.82) is 0 Å². The molecule has 0 radical (unpaired) electrons. The predicted molar refractivity (Wildman–Crippen MR) is 85.4 cm³/mol. The third-order valence-electron chi connectivity index (χ3n) is 3.40. The lowest BCUT2D eigenvalue weighted by Crippen LogP contribution is -2.46. The summed E-state index contributed by atoms with van der Waals surface area (Å²) < 4.78 is 1.15. The van der Waals surface area contributed by atoms with Crippen molar-refractivity contribution in [2.45, 2.75) is 0 Å². The Hall–Kier alpha value is -0.660. The van der Waals surface area contributed by atoms with Crippen LogP contribution in [0.1, 0.15) is 10.4 Å². The fourth-order valence-corrected chi connectivity index (χ4v) is 2.50. The van der Waals surface area contributed by atoms with Crippen molar-refractivity contribution in [3.63, 3.8) is 0 Å². The first-order valence-electron chi connectivity index (χ1n) is 6.61. The molecular weight excluding hydrogens is 353 g/mol. The molecule has 1 aliphatic heterocycles. The maximum absolute atomic E-state index is 12.2. The summed E-state index contributed by atoms with van der Waals surface area (Å²) in [5.74, 6) is 0.103. The minimum Gasteiger partial charge on any atom is -0.340 e. The van der Waals surface area contributed by atoms with E-state index in [2.05, 4.69) is 32.8 Å². The van der Waals surface area contributed by atoms with Crippen molar-refractivity contribution in [3.8, 4) is 0 Å². The normalized spacial score (nSPS) is 16.3. The molecule has 1 aliphatic rings. The summed E-state index contributed by atoms with van der Waals surface area (Å²) in [6.07, 6.45) is 0. The quantitative estimate of drug-likeness (QED) is 0.808. The largest absolute Gasteiger partial charge is 0.340 e. The highest BCUT2D eigenvalue weighted by Crippen LogP contribution is 2.08. The van der Waals surface area contributed by atoms with E-state index in [4.69, 9.17) is 0 Å². The molecule has 1 aromatic rings. The van der Waals surface area contributed by atoms with Crippen LogP contribution < -0.4 is 5.32 Å². The lowest BCUT2D eigenvalue weighted by atomic mass is 10.2. The van der Waals surface area contributed by atoms with E-state index in [0.29, 0.717) is 0 Å². The number of likely N-dealkylation sites (N-methyl/N-ethyl adjacent to an activating group) is 1. The maximum atomic E-state index is 12.2. The fourth-order valence-electron chi connectivity index (χ4n) is 2.14. The Balaban J connectivity index is 1.83. The van der Waals surface area contributed by atoms with Gasteiger partial charge in [0.05, 0.1) is 0 Å². The van der Waals surface area contributed by atoms with Gasteiger partial charge in [-0.2, -0.15) is 0 Å². The molecule has 0 aliphatic carbocycles. The molecule has 1 heterocycles. The second-order valence-electron chi connectivity index (χ2n) is 4.83. The Morgan fingerprint density at radius 1 is 1.32 bits per heavy atom. The minimum atomic E-state index is 0.103. The molecule has 0 unspecified atom stereocenters. The van der Waals surface area contributed by atoms with E-state index < -0.39 is 0 Å². The summed E-state index contributed by atoms with van der Waals surface area (Å²) in [5, 5.41) is 3.33. The number of amides is 1. The van der Waals surface area contributed by atoms with E-state index in [1.54, 1.807) is 0 Å². The highest BCUT2D eigenvalue weighted by atomic mass is 127. The van der Waals surface area contributed by atoms with Gasteiger partial charge in [-0.25, -0.2) is 0 Å². The Kier molecular flexibility index (Phi) is 5.59. The third-order valence-corrected chi connectivity index (χ3v) is 4.12. The lowest BCUT2D eigenvalue weighted by molar-refractivity contribution is 0.0775. The van der Waals surface area contributed by atoms with Crippen molar-refractivity contribution in [2.24, 2.45) is 0 Å². The van der Waals surface area contributed by atoms with Crippen molar-refractivity contribution in [2.75, 3.05) is 46.3 Å². The molecule has 5 heteroatoms. The number of nitrogens with zero attached hydrogens (tertiary/aromatic N) is 2. The van der Waals surface area contributed by atoms with Crippen molar-refractivity contribution >= 4 is 28.5 Å². The predicted octanol–water partition coefficient (Wildman–Crippen LogP) is 1.27. The number of rotatable bonds is 4. The van der Waals surface area contributed by atoms with Crippen LogP contribution in [-0.4, -0.2) is 62.0 Å². The van der Waals surface area contributed by atoms with Gasteiger partial charge in [-0.1, -0.05) is 0 Å². The van der Waals surface area contributed by atoms with Gasteiger partial charge in [0, 0.05) is 55.4 Å². The fraction of sp³-hybridized carbons (Fsp3) is 0.500. The number of benzene rings is 1. The van der Waals surface area contributed by atoms with Crippen LogP contribution in [0.5, 0.6) is 0 Å². The van der Waals surface area contributed by atoms with Gasteiger partial charge >= 0.3 is 0 Å². The van der Waals surface area contributed by atoms with Gasteiger partial charge in [0.15, 0.2) is 0 Å². The molecule has 0 bridgehead atoms. The Bertz CT molecular complexity index is 415. The van der Waals surface area contributed by atoms with E-state index >= 15 is 0 Å². The smallest absolute Gasteiger partial charge is 0.253 e. The summed E-state index contributed by atoms with van der Waals surface area (Å²) in [4.78, 5) is 16.4. The molecule has 0 saturated carbocycles. The number of carbonyl (C=O) groups is 1. The molecule has 0 atom stereocenters. The molecule has 19 heavy (non-hydrogen) atoms. The molecule has 1 amide bonds. The topological polar surface area (TPSA) is 35.6 Å². The van der Waals surface area contributed by atoms with Crippen molar-refractivity contribution in [3.05, 3.63) is 33.4 Å². The molecule has 2 rings (SSSR count). The minimum absolute atomic E-state index is 0.103. The zero-order valence-electron chi connectivity index (χ0n) is 11.2. The average Bonchev–Trinajstić information content (AvgIpc) is 2.46. The number of piperazine rings is 1. The first-order valence-corrected chi connectivity index (χ1v) is 7.69. The number of hydrogen-bond donors (Lipinski definition) is 1. The van der Waals surface area contributed by atoms with Gasteiger partial charge in [0.25, 0.3) is 5.91 Å². The van der Waals surface area contributed by atoms with Crippen molar-refractivity contribution in [1.82, 2.24) is 15.1 Å². The van der Waals surface area contributed by atoms with E-state index in [0.717, 1.165) is 48.4 Å². The highest BCUT2D eigenvalue weighted by molar-refractivity contribution is 14.1. The van der Waals surface area contributed by atoms with E-state index in [-0.39, 0.29) is 5.91 Å². The Morgan fingerprint density at radius 3 is 2.58 bits per heavy atom. The first kappa shape index (κ1) is 14.7. The van der Waals surface area contributed by atoms with E-state index in [1.165, 1.54) is 0 Å². The van der Waals surface area contributed by atoms with Gasteiger partial charge < -0.3 is 10.2 Å². The molecule has 1 N–H and O–H groups in total. The first-order chi connectivity index (χ1) is 9.16. The maximum Gasteiger partial charge on any atom is 0.253 e. The lowest BCUT2D eigenvalue weighted by Gasteiger charge is -2.29. The Morgan fingerprint density at radius 2 is 1.95 bits per heavy atom.